The summed E-state index contributed by atoms with van der Waals surface area (Å²) in [5.41, 5.74) is 2.66. The molecule has 0 aliphatic carbocycles. The van der Waals surface area contributed by atoms with E-state index in [0.717, 1.165) is 29.8 Å². The Bertz CT molecular complexity index is 909. The molecule has 0 aliphatic heterocycles. The summed E-state index contributed by atoms with van der Waals surface area (Å²) in [7, 11) is 1.72. The smallest absolute Gasteiger partial charge is 0.226 e. The molecule has 0 unspecified atom stereocenters. The number of hydrogen-bond acceptors (Lipinski definition) is 4. The van der Waals surface area contributed by atoms with Crippen LogP contribution in [-0.4, -0.2) is 36.1 Å². The van der Waals surface area contributed by atoms with Gasteiger partial charge in [0.25, 0.3) is 0 Å². The molecule has 6 nitrogen and oxygen atoms in total. The summed E-state index contributed by atoms with van der Waals surface area (Å²) >= 11 is 5.79. The molecule has 1 aromatic carbocycles. The molecule has 0 saturated heterocycles. The Labute approximate surface area is 167 Å². The van der Waals surface area contributed by atoms with Gasteiger partial charge >= 0.3 is 0 Å². The first-order valence-electron chi connectivity index (χ1n) is 8.89. The molecule has 0 spiro atoms. The van der Waals surface area contributed by atoms with Crippen LogP contribution in [0.2, 0.25) is 5.15 Å². The van der Waals surface area contributed by atoms with Crippen molar-refractivity contribution in [3.05, 3.63) is 71.1 Å². The highest BCUT2D eigenvalue weighted by molar-refractivity contribution is 6.29. The highest BCUT2D eigenvalue weighted by atomic mass is 35.5. The highest BCUT2D eigenvalue weighted by Crippen LogP contribution is 2.18. The number of aromatic nitrogens is 2. The predicted octanol–water partition coefficient (Wildman–Crippen LogP) is 3.48. The van der Waals surface area contributed by atoms with Crippen LogP contribution in [0.5, 0.6) is 0 Å². The fourth-order valence-electron chi connectivity index (χ4n) is 2.56. The first-order chi connectivity index (χ1) is 13.6. The van der Waals surface area contributed by atoms with E-state index in [2.05, 4.69) is 25.6 Å². The Balaban J connectivity index is 1.42. The van der Waals surface area contributed by atoms with E-state index in [0.29, 0.717) is 30.0 Å². The minimum absolute atomic E-state index is 0.286. The number of pyridine rings is 1. The van der Waals surface area contributed by atoms with Crippen LogP contribution in [0.4, 0.5) is 4.39 Å². The number of guanidine groups is 1. The van der Waals surface area contributed by atoms with Gasteiger partial charge in [-0.2, -0.15) is 0 Å². The predicted molar refractivity (Wildman–Crippen MR) is 108 cm³/mol. The lowest BCUT2D eigenvalue weighted by Crippen LogP contribution is -2.39. The minimum atomic E-state index is -0.286. The molecule has 2 heterocycles. The molecule has 8 heteroatoms. The normalized spacial score (nSPS) is 11.5. The minimum Gasteiger partial charge on any atom is -0.444 e. The highest BCUT2D eigenvalue weighted by Gasteiger charge is 2.07. The SMILES string of the molecule is CN=C(NCCc1ccc(Cl)nc1)NCCc1coc(-c2ccc(F)cc2)n1. The van der Waals surface area contributed by atoms with E-state index < -0.39 is 0 Å². The molecule has 0 radical (unpaired) electrons. The lowest BCUT2D eigenvalue weighted by molar-refractivity contribution is 0.571. The van der Waals surface area contributed by atoms with Gasteiger partial charge in [-0.05, 0) is 42.3 Å². The van der Waals surface area contributed by atoms with Crippen molar-refractivity contribution in [2.45, 2.75) is 12.8 Å². The van der Waals surface area contributed by atoms with Crippen LogP contribution < -0.4 is 10.6 Å². The number of nitrogens with one attached hydrogen (secondary N) is 2. The van der Waals surface area contributed by atoms with Gasteiger partial charge in [0.2, 0.25) is 5.89 Å². The summed E-state index contributed by atoms with van der Waals surface area (Å²) in [6.07, 6.45) is 4.87. The summed E-state index contributed by atoms with van der Waals surface area (Å²) in [5, 5.41) is 6.98. The van der Waals surface area contributed by atoms with Crippen LogP contribution in [-0.2, 0) is 12.8 Å². The van der Waals surface area contributed by atoms with E-state index in [9.17, 15) is 4.39 Å². The molecule has 2 N–H and O–H groups in total. The zero-order valence-electron chi connectivity index (χ0n) is 15.5. The Morgan fingerprint density at radius 1 is 1.11 bits per heavy atom. The largest absolute Gasteiger partial charge is 0.444 e. The van der Waals surface area contributed by atoms with Gasteiger partial charge < -0.3 is 15.1 Å². The molecule has 146 valence electrons. The summed E-state index contributed by atoms with van der Waals surface area (Å²) in [4.78, 5) is 12.7. The van der Waals surface area contributed by atoms with E-state index >= 15 is 0 Å². The Morgan fingerprint density at radius 3 is 2.54 bits per heavy atom. The zero-order chi connectivity index (χ0) is 19.8. The van der Waals surface area contributed by atoms with E-state index in [1.807, 2.05) is 6.07 Å². The number of hydrogen-bond donors (Lipinski definition) is 2. The topological polar surface area (TPSA) is 75.3 Å². The lowest BCUT2D eigenvalue weighted by atomic mass is 10.2. The zero-order valence-corrected chi connectivity index (χ0v) is 16.2. The summed E-state index contributed by atoms with van der Waals surface area (Å²) in [5.74, 6) is 0.907. The van der Waals surface area contributed by atoms with E-state index in [1.165, 1.54) is 12.1 Å². The van der Waals surface area contributed by atoms with Gasteiger partial charge in [0, 0.05) is 38.3 Å². The number of benzene rings is 1. The van der Waals surface area contributed by atoms with Crippen LogP contribution in [0, 0.1) is 5.82 Å². The Kier molecular flexibility index (Phi) is 6.97. The maximum atomic E-state index is 13.0. The monoisotopic (exact) mass is 401 g/mol. The Hall–Kier alpha value is -2.93. The summed E-state index contributed by atoms with van der Waals surface area (Å²) < 4.78 is 18.5. The number of oxazole rings is 1. The molecule has 0 fully saturated rings. The second kappa shape index (κ2) is 9.85. The first-order valence-corrected chi connectivity index (χ1v) is 9.27. The van der Waals surface area contributed by atoms with Crippen LogP contribution in [0.15, 0.2) is 58.3 Å². The average molecular weight is 402 g/mol. The molecular weight excluding hydrogens is 381 g/mol. The van der Waals surface area contributed by atoms with Crippen molar-refractivity contribution in [2.75, 3.05) is 20.1 Å². The van der Waals surface area contributed by atoms with Gasteiger partial charge in [-0.15, -0.1) is 0 Å². The Morgan fingerprint density at radius 2 is 1.86 bits per heavy atom. The quantitative estimate of drug-likeness (QED) is 0.360. The maximum absolute atomic E-state index is 13.0. The number of aliphatic imine (C=N–C) groups is 1. The molecule has 0 aliphatic rings. The molecule has 0 bridgehead atoms. The first kappa shape index (κ1) is 19.8. The van der Waals surface area contributed by atoms with Gasteiger partial charge in [0.1, 0.15) is 17.2 Å². The fourth-order valence-corrected chi connectivity index (χ4v) is 2.67. The van der Waals surface area contributed by atoms with Crippen molar-refractivity contribution in [1.29, 1.82) is 0 Å². The van der Waals surface area contributed by atoms with Gasteiger partial charge in [-0.3, -0.25) is 4.99 Å². The third kappa shape index (κ3) is 5.79. The third-order valence-electron chi connectivity index (χ3n) is 4.03. The van der Waals surface area contributed by atoms with Crippen LogP contribution >= 0.6 is 11.6 Å². The van der Waals surface area contributed by atoms with Crippen LogP contribution in [0.1, 0.15) is 11.3 Å². The average Bonchev–Trinajstić information content (AvgIpc) is 3.17. The van der Waals surface area contributed by atoms with Gasteiger partial charge in [0.15, 0.2) is 5.96 Å². The standard InChI is InChI=1S/C20H21ClFN5O/c1-23-20(24-10-8-14-2-7-18(21)26-12-14)25-11-9-17-13-28-19(27-17)15-3-5-16(22)6-4-15/h2-7,12-13H,8-11H2,1H3,(H2,23,24,25). The van der Waals surface area contributed by atoms with Gasteiger partial charge in [0.05, 0.1) is 5.69 Å². The van der Waals surface area contributed by atoms with E-state index in [-0.39, 0.29) is 5.82 Å². The lowest BCUT2D eigenvalue weighted by Gasteiger charge is -2.11. The van der Waals surface area contributed by atoms with Gasteiger partial charge in [-0.1, -0.05) is 17.7 Å². The van der Waals surface area contributed by atoms with Crippen molar-refractivity contribution in [1.82, 2.24) is 20.6 Å². The van der Waals surface area contributed by atoms with Crippen molar-refractivity contribution in [3.8, 4) is 11.5 Å². The number of nitrogens with zero attached hydrogens (tertiary/aromatic N) is 3. The third-order valence-corrected chi connectivity index (χ3v) is 4.26. The molecular formula is C20H21ClFN5O. The fraction of sp³-hybridized carbons (Fsp3) is 0.250. The molecule has 3 aromatic rings. The molecule has 2 aromatic heterocycles. The summed E-state index contributed by atoms with van der Waals surface area (Å²) in [6.45, 7) is 1.37. The maximum Gasteiger partial charge on any atom is 0.226 e. The van der Waals surface area contributed by atoms with Crippen LogP contribution in [0.25, 0.3) is 11.5 Å². The number of halogens is 2. The van der Waals surface area contributed by atoms with Crippen molar-refractivity contribution in [2.24, 2.45) is 4.99 Å². The molecule has 0 atom stereocenters. The number of rotatable bonds is 7. The second-order valence-corrected chi connectivity index (χ2v) is 6.45. The summed E-state index contributed by atoms with van der Waals surface area (Å²) in [6, 6.07) is 9.79. The van der Waals surface area contributed by atoms with Crippen LogP contribution in [0.3, 0.4) is 0 Å². The molecule has 0 amide bonds. The molecule has 0 saturated carbocycles. The van der Waals surface area contributed by atoms with Gasteiger partial charge in [-0.25, -0.2) is 14.4 Å². The second-order valence-electron chi connectivity index (χ2n) is 6.07. The van der Waals surface area contributed by atoms with Crippen molar-refractivity contribution < 1.29 is 8.81 Å². The molecule has 3 rings (SSSR count). The van der Waals surface area contributed by atoms with Crippen molar-refractivity contribution >= 4 is 17.6 Å². The van der Waals surface area contributed by atoms with E-state index in [1.54, 1.807) is 37.7 Å². The molecule has 28 heavy (non-hydrogen) atoms. The van der Waals surface area contributed by atoms with Crippen molar-refractivity contribution in [3.63, 3.8) is 0 Å². The van der Waals surface area contributed by atoms with E-state index in [4.69, 9.17) is 16.0 Å².